The first-order valence-corrected chi connectivity index (χ1v) is 26.3. The smallest absolute Gasteiger partial charge is 0.0537 e. The van der Waals surface area contributed by atoms with E-state index in [1.54, 1.807) is 0 Å². The first-order chi connectivity index (χ1) is 37.2. The maximum Gasteiger partial charge on any atom is 0.0537 e. The Balaban J connectivity index is 0.800. The van der Waals surface area contributed by atoms with Crippen LogP contribution in [0.25, 0.3) is 101 Å². The quantitative estimate of drug-likeness (QED) is 0.133. The van der Waals surface area contributed by atoms with E-state index < -0.39 is 0 Å². The number of aryl methyl sites for hydroxylation is 2. The van der Waals surface area contributed by atoms with Gasteiger partial charge in [0.25, 0.3) is 0 Å². The Kier molecular flexibility index (Phi) is 11.1. The van der Waals surface area contributed by atoms with Crippen LogP contribution in [0, 0.1) is 0 Å². The number of hydrogen-bond donors (Lipinski definition) is 0. The predicted octanol–water partition coefficient (Wildman–Crippen LogP) is 19.3. The lowest BCUT2D eigenvalue weighted by Crippen LogP contribution is -2.09. The summed E-state index contributed by atoms with van der Waals surface area (Å²) in [4.78, 5) is 2.37. The summed E-state index contributed by atoms with van der Waals surface area (Å²) in [5.74, 6) is 0. The SMILES string of the molecule is C1=Cc2c(c3ccccc3n2-c2cccc(-c3ccc(N(c4ccc(-c5cccc(-c6ccccc6)c5)cc4)c4ccc(-c5cccc(-c6cccc(-n7c8c(c9ccccc97)CCC=C8)c6)c5)cc4)cc3)c2)CC1. The van der Waals surface area contributed by atoms with Crippen molar-refractivity contribution in [1.82, 2.24) is 9.13 Å². The summed E-state index contributed by atoms with van der Waals surface area (Å²) in [6, 6.07) is 91.3. The summed E-state index contributed by atoms with van der Waals surface area (Å²) in [7, 11) is 0. The second kappa shape index (κ2) is 18.9. The first kappa shape index (κ1) is 44.3. The standard InChI is InChI=1S/C72H53N3/c1-2-16-50(17-3-1)54-18-12-19-55(46-54)51-34-40-60(41-35-51)73(62-44-38-53(39-45-62)58-22-14-24-63(48-58)74-69-30-8-4-26-65(69)66-27-5-9-31-70(66)74)61-42-36-52(37-43-61)56-20-13-21-57(47-56)59-23-15-25-64(49-59)75-71-32-10-6-28-67(71)68-29-7-11-33-72(68)75/h1-4,6,8-26,28,30-49H,5,7,27,29H2. The average molecular weight is 960 g/mol. The highest BCUT2D eigenvalue weighted by molar-refractivity contribution is 5.93. The summed E-state index contributed by atoms with van der Waals surface area (Å²) in [5.41, 5.74) is 25.5. The molecule has 2 aromatic heterocycles. The van der Waals surface area contributed by atoms with Gasteiger partial charge in [0, 0.05) is 50.6 Å². The van der Waals surface area contributed by atoms with E-state index in [-0.39, 0.29) is 0 Å². The molecule has 0 aliphatic heterocycles. The van der Waals surface area contributed by atoms with E-state index in [4.69, 9.17) is 0 Å². The van der Waals surface area contributed by atoms with Gasteiger partial charge in [-0.2, -0.15) is 0 Å². The van der Waals surface area contributed by atoms with Crippen LogP contribution in [0.5, 0.6) is 0 Å². The third-order valence-electron chi connectivity index (χ3n) is 15.5. The number of benzene rings is 10. The van der Waals surface area contributed by atoms with Crippen molar-refractivity contribution in [1.29, 1.82) is 0 Å². The van der Waals surface area contributed by atoms with Gasteiger partial charge in [-0.1, -0.05) is 176 Å². The van der Waals surface area contributed by atoms with Crippen LogP contribution in [0.15, 0.2) is 261 Å². The summed E-state index contributed by atoms with van der Waals surface area (Å²) in [6.45, 7) is 0. The van der Waals surface area contributed by atoms with E-state index in [1.807, 2.05) is 0 Å². The Morgan fingerprint density at radius 1 is 0.280 bits per heavy atom. The zero-order valence-corrected chi connectivity index (χ0v) is 41.7. The Labute approximate surface area is 438 Å². The minimum Gasteiger partial charge on any atom is -0.311 e. The van der Waals surface area contributed by atoms with E-state index in [9.17, 15) is 0 Å². The lowest BCUT2D eigenvalue weighted by Gasteiger charge is -2.26. The molecule has 3 heteroatoms. The number of rotatable bonds is 10. The van der Waals surface area contributed by atoms with Gasteiger partial charge in [-0.3, -0.25) is 0 Å². The predicted molar refractivity (Wildman–Crippen MR) is 317 cm³/mol. The van der Waals surface area contributed by atoms with Gasteiger partial charge in [0.15, 0.2) is 0 Å². The summed E-state index contributed by atoms with van der Waals surface area (Å²) in [6.07, 6.45) is 13.5. The van der Waals surface area contributed by atoms with Gasteiger partial charge in [-0.25, -0.2) is 0 Å². The fourth-order valence-corrected chi connectivity index (χ4v) is 11.8. The fourth-order valence-electron chi connectivity index (χ4n) is 11.8. The summed E-state index contributed by atoms with van der Waals surface area (Å²) < 4.78 is 4.88. The minimum absolute atomic E-state index is 1.07. The van der Waals surface area contributed by atoms with Crippen LogP contribution in [-0.4, -0.2) is 9.13 Å². The second-order valence-corrected chi connectivity index (χ2v) is 19.9. The number of fused-ring (bicyclic) bond motifs is 6. The van der Waals surface area contributed by atoms with Crippen LogP contribution in [0.1, 0.15) is 35.4 Å². The molecule has 12 aromatic rings. The fraction of sp³-hybridized carbons (Fsp3) is 0.0556. The van der Waals surface area contributed by atoms with Crippen molar-refractivity contribution in [3.63, 3.8) is 0 Å². The van der Waals surface area contributed by atoms with Gasteiger partial charge in [-0.15, -0.1) is 0 Å². The van der Waals surface area contributed by atoms with Crippen molar-refractivity contribution in [2.75, 3.05) is 4.90 Å². The Bertz CT molecular complexity index is 4150. The van der Waals surface area contributed by atoms with Crippen molar-refractivity contribution >= 4 is 51.0 Å². The van der Waals surface area contributed by atoms with Gasteiger partial charge < -0.3 is 14.0 Å². The molecule has 0 saturated carbocycles. The summed E-state index contributed by atoms with van der Waals surface area (Å²) >= 11 is 0. The van der Waals surface area contributed by atoms with Crippen LogP contribution in [0.2, 0.25) is 0 Å². The normalized spacial score (nSPS) is 12.7. The molecule has 0 radical (unpaired) electrons. The van der Waals surface area contributed by atoms with Gasteiger partial charge >= 0.3 is 0 Å². The molecule has 2 aliphatic rings. The second-order valence-electron chi connectivity index (χ2n) is 19.9. The zero-order chi connectivity index (χ0) is 49.7. The van der Waals surface area contributed by atoms with Crippen molar-refractivity contribution in [2.24, 2.45) is 0 Å². The van der Waals surface area contributed by atoms with E-state index in [0.29, 0.717) is 0 Å². The van der Waals surface area contributed by atoms with E-state index in [2.05, 4.69) is 287 Å². The number of anilines is 3. The molecule has 0 bridgehead atoms. The lowest BCUT2D eigenvalue weighted by molar-refractivity contribution is 0.968. The highest BCUT2D eigenvalue weighted by atomic mass is 15.1. The first-order valence-electron chi connectivity index (χ1n) is 26.3. The van der Waals surface area contributed by atoms with Gasteiger partial charge in [-0.05, 0) is 190 Å². The maximum absolute atomic E-state index is 2.44. The van der Waals surface area contributed by atoms with Crippen LogP contribution in [0.3, 0.4) is 0 Å². The molecule has 0 amide bonds. The van der Waals surface area contributed by atoms with Crippen molar-refractivity contribution in [2.45, 2.75) is 25.7 Å². The monoisotopic (exact) mass is 959 g/mol. The molecule has 0 saturated heterocycles. The molecule has 0 unspecified atom stereocenters. The average Bonchev–Trinajstić information content (AvgIpc) is 4.02. The van der Waals surface area contributed by atoms with Gasteiger partial charge in [0.05, 0.1) is 11.0 Å². The molecule has 14 rings (SSSR count). The van der Waals surface area contributed by atoms with Crippen molar-refractivity contribution in [3.05, 3.63) is 283 Å². The Morgan fingerprint density at radius 3 is 1.05 bits per heavy atom. The lowest BCUT2D eigenvalue weighted by atomic mass is 9.98. The third kappa shape index (κ3) is 8.11. The zero-order valence-electron chi connectivity index (χ0n) is 41.7. The molecular formula is C72H53N3. The van der Waals surface area contributed by atoms with Crippen LogP contribution < -0.4 is 4.90 Å². The summed E-state index contributed by atoms with van der Waals surface area (Å²) in [5, 5.41) is 2.70. The minimum atomic E-state index is 1.07. The number of allylic oxidation sites excluding steroid dienone is 2. The van der Waals surface area contributed by atoms with Gasteiger partial charge in [0.2, 0.25) is 0 Å². The Hall–Kier alpha value is -9.44. The Morgan fingerprint density at radius 2 is 0.613 bits per heavy atom. The topological polar surface area (TPSA) is 13.1 Å². The molecular weight excluding hydrogens is 907 g/mol. The van der Waals surface area contributed by atoms with Crippen molar-refractivity contribution < 1.29 is 0 Å². The van der Waals surface area contributed by atoms with E-state index >= 15 is 0 Å². The molecule has 0 atom stereocenters. The highest BCUT2D eigenvalue weighted by Gasteiger charge is 2.21. The van der Waals surface area contributed by atoms with Crippen molar-refractivity contribution in [3.8, 4) is 67.0 Å². The molecule has 0 spiro atoms. The molecule has 3 nitrogen and oxygen atoms in total. The van der Waals surface area contributed by atoms with Crippen LogP contribution in [-0.2, 0) is 12.8 Å². The van der Waals surface area contributed by atoms with E-state index in [1.165, 1.54) is 111 Å². The van der Waals surface area contributed by atoms with Crippen LogP contribution >= 0.6 is 0 Å². The highest BCUT2D eigenvalue weighted by Crippen LogP contribution is 2.41. The number of aromatic nitrogens is 2. The molecule has 2 aliphatic carbocycles. The molecule has 0 fully saturated rings. The maximum atomic E-state index is 2.44. The molecule has 0 N–H and O–H groups in total. The number of hydrogen-bond acceptors (Lipinski definition) is 1. The van der Waals surface area contributed by atoms with Crippen LogP contribution in [0.4, 0.5) is 17.1 Å². The third-order valence-corrected chi connectivity index (χ3v) is 15.5. The molecule has 2 heterocycles. The largest absolute Gasteiger partial charge is 0.311 e. The number of nitrogens with zero attached hydrogens (tertiary/aromatic N) is 3. The molecule has 10 aromatic carbocycles. The molecule has 75 heavy (non-hydrogen) atoms. The molecule has 356 valence electrons. The number of para-hydroxylation sites is 2. The van der Waals surface area contributed by atoms with E-state index in [0.717, 1.165) is 42.7 Å². The van der Waals surface area contributed by atoms with Gasteiger partial charge in [0.1, 0.15) is 0 Å².